The zero-order chi connectivity index (χ0) is 19.2. The molecule has 1 N–H and O–H groups in total. The fourth-order valence-electron chi connectivity index (χ4n) is 3.66. The van der Waals surface area contributed by atoms with Crippen molar-refractivity contribution in [1.29, 1.82) is 0 Å². The molecular weight excluding hydrogens is 349 g/mol. The molecule has 7 heteroatoms. The predicted octanol–water partition coefficient (Wildman–Crippen LogP) is 3.57. The molecule has 2 fully saturated rings. The number of fused-ring (bicyclic) bond motifs is 1. The number of halogens is 1. The molecule has 0 bridgehead atoms. The summed E-state index contributed by atoms with van der Waals surface area (Å²) in [6, 6.07) is 4.94. The van der Waals surface area contributed by atoms with Crippen LogP contribution < -0.4 is 14.8 Å². The zero-order valence-electron chi connectivity index (χ0n) is 15.2. The molecule has 1 aliphatic heterocycles. The number of carbonyl (C=O) groups excluding carboxylic acids is 1. The number of hydrogen-bond donors (Lipinski definition) is 1. The fraction of sp³-hybridized carbons (Fsp3) is 0.450. The normalized spacial score (nSPS) is 22.7. The molecular formula is C20H20FN3O3. The summed E-state index contributed by atoms with van der Waals surface area (Å²) in [5.41, 5.74) is -0.196. The SMILES string of the molecule is [C-]#[N+]c1cc2ccnc(OCC3NC(=O)C(F)C34CC4)c2cc1OC(C)C. The molecule has 27 heavy (non-hydrogen) atoms. The minimum Gasteiger partial charge on any atom is -0.502 e. The summed E-state index contributed by atoms with van der Waals surface area (Å²) >= 11 is 0. The monoisotopic (exact) mass is 369 g/mol. The van der Waals surface area contributed by atoms with E-state index >= 15 is 0 Å². The summed E-state index contributed by atoms with van der Waals surface area (Å²) in [7, 11) is 0. The van der Waals surface area contributed by atoms with Gasteiger partial charge >= 0.3 is 0 Å². The van der Waals surface area contributed by atoms with E-state index < -0.39 is 17.5 Å². The predicted molar refractivity (Wildman–Crippen MR) is 97.8 cm³/mol. The first-order valence-corrected chi connectivity index (χ1v) is 8.99. The van der Waals surface area contributed by atoms with Gasteiger partial charge in [0.1, 0.15) is 12.4 Å². The Labute approximate surface area is 156 Å². The van der Waals surface area contributed by atoms with Crippen LogP contribution in [-0.4, -0.2) is 35.8 Å². The lowest BCUT2D eigenvalue weighted by atomic mass is 9.96. The van der Waals surface area contributed by atoms with Crippen molar-refractivity contribution in [2.45, 2.75) is 45.0 Å². The third-order valence-corrected chi connectivity index (χ3v) is 5.25. The van der Waals surface area contributed by atoms with Gasteiger partial charge in [-0.3, -0.25) is 4.79 Å². The van der Waals surface area contributed by atoms with Gasteiger partial charge in [0.2, 0.25) is 11.6 Å². The van der Waals surface area contributed by atoms with Crippen molar-refractivity contribution in [3.05, 3.63) is 35.8 Å². The van der Waals surface area contributed by atoms with Crippen molar-refractivity contribution in [3.8, 4) is 11.6 Å². The summed E-state index contributed by atoms with van der Waals surface area (Å²) in [6.45, 7) is 11.3. The minimum atomic E-state index is -1.46. The molecule has 1 saturated carbocycles. The van der Waals surface area contributed by atoms with Crippen LogP contribution in [0.15, 0.2) is 24.4 Å². The highest BCUT2D eigenvalue weighted by atomic mass is 19.1. The van der Waals surface area contributed by atoms with Crippen LogP contribution in [0.25, 0.3) is 15.6 Å². The Hall–Kier alpha value is -2.88. The number of pyridine rings is 1. The van der Waals surface area contributed by atoms with Crippen LogP contribution in [0.1, 0.15) is 26.7 Å². The van der Waals surface area contributed by atoms with E-state index in [0.717, 1.165) is 5.39 Å². The molecule has 1 aromatic carbocycles. The molecule has 1 aromatic heterocycles. The van der Waals surface area contributed by atoms with Gasteiger partial charge < -0.3 is 14.8 Å². The summed E-state index contributed by atoms with van der Waals surface area (Å²) in [5, 5.41) is 4.22. The lowest BCUT2D eigenvalue weighted by Gasteiger charge is -2.19. The van der Waals surface area contributed by atoms with Crippen LogP contribution in [0.3, 0.4) is 0 Å². The number of rotatable bonds is 5. The third kappa shape index (κ3) is 2.95. The average Bonchev–Trinajstić information content (AvgIpc) is 3.41. The van der Waals surface area contributed by atoms with Crippen molar-refractivity contribution >= 4 is 22.4 Å². The standard InChI is InChI=1S/C20H20FN3O3/c1-11(2)27-15-9-13-12(8-14(15)22-3)4-7-23-19(13)26-10-16-20(5-6-20)17(21)18(25)24-16/h4,7-9,11,16-17H,5-6,10H2,1-2H3,(H,24,25). The molecule has 6 nitrogen and oxygen atoms in total. The Bertz CT molecular complexity index is 949. The van der Waals surface area contributed by atoms with Gasteiger partial charge in [0.25, 0.3) is 5.91 Å². The average molecular weight is 369 g/mol. The Morgan fingerprint density at radius 1 is 1.44 bits per heavy atom. The van der Waals surface area contributed by atoms with E-state index in [1.807, 2.05) is 13.8 Å². The highest BCUT2D eigenvalue weighted by Crippen LogP contribution is 2.55. The number of hydrogen-bond acceptors (Lipinski definition) is 4. The van der Waals surface area contributed by atoms with Crippen molar-refractivity contribution in [2.75, 3.05) is 6.61 Å². The summed E-state index contributed by atoms with van der Waals surface area (Å²) in [6.07, 6.45) is 1.44. The van der Waals surface area contributed by atoms with Gasteiger partial charge in [-0.2, -0.15) is 0 Å². The van der Waals surface area contributed by atoms with Gasteiger partial charge in [-0.25, -0.2) is 14.2 Å². The number of amides is 1. The molecule has 1 amide bonds. The molecule has 1 saturated heterocycles. The van der Waals surface area contributed by atoms with Crippen molar-refractivity contribution in [1.82, 2.24) is 10.3 Å². The van der Waals surface area contributed by atoms with E-state index in [1.165, 1.54) is 0 Å². The third-order valence-electron chi connectivity index (χ3n) is 5.25. The summed E-state index contributed by atoms with van der Waals surface area (Å²) < 4.78 is 25.7. The molecule has 4 rings (SSSR count). The van der Waals surface area contributed by atoms with Gasteiger partial charge in [-0.1, -0.05) is 0 Å². The lowest BCUT2D eigenvalue weighted by molar-refractivity contribution is -0.124. The number of ether oxygens (including phenoxy) is 2. The van der Waals surface area contributed by atoms with E-state index in [4.69, 9.17) is 16.0 Å². The molecule has 0 radical (unpaired) electrons. The maximum Gasteiger partial charge on any atom is 0.255 e. The second kappa shape index (κ2) is 6.38. The first kappa shape index (κ1) is 17.5. The van der Waals surface area contributed by atoms with E-state index in [2.05, 4.69) is 15.1 Å². The number of nitrogens with zero attached hydrogens (tertiary/aromatic N) is 2. The Morgan fingerprint density at radius 2 is 2.22 bits per heavy atom. The van der Waals surface area contributed by atoms with Crippen LogP contribution in [-0.2, 0) is 4.79 Å². The molecule has 2 aromatic rings. The molecule has 2 atom stereocenters. The molecule has 2 heterocycles. The largest absolute Gasteiger partial charge is 0.502 e. The van der Waals surface area contributed by atoms with Crippen LogP contribution in [0.5, 0.6) is 11.6 Å². The van der Waals surface area contributed by atoms with E-state index in [9.17, 15) is 9.18 Å². The first-order valence-electron chi connectivity index (χ1n) is 8.99. The number of benzene rings is 1. The summed E-state index contributed by atoms with van der Waals surface area (Å²) in [5.74, 6) is 0.299. The smallest absolute Gasteiger partial charge is 0.255 e. The van der Waals surface area contributed by atoms with Crippen LogP contribution in [0, 0.1) is 12.0 Å². The molecule has 1 spiro atoms. The minimum absolute atomic E-state index is 0.0751. The Balaban J connectivity index is 1.62. The van der Waals surface area contributed by atoms with Gasteiger partial charge in [-0.15, -0.1) is 0 Å². The number of nitrogens with one attached hydrogen (secondary N) is 1. The Morgan fingerprint density at radius 3 is 2.89 bits per heavy atom. The van der Waals surface area contributed by atoms with Gasteiger partial charge in [0.05, 0.1) is 18.7 Å². The second-order valence-electron chi connectivity index (χ2n) is 7.40. The van der Waals surface area contributed by atoms with Gasteiger partial charge in [-0.05, 0) is 50.3 Å². The topological polar surface area (TPSA) is 64.8 Å². The maximum atomic E-state index is 14.1. The van der Waals surface area contributed by atoms with Crippen molar-refractivity contribution < 1.29 is 18.7 Å². The molecule has 2 unspecified atom stereocenters. The van der Waals surface area contributed by atoms with Crippen molar-refractivity contribution in [3.63, 3.8) is 0 Å². The zero-order valence-corrected chi connectivity index (χ0v) is 15.2. The quantitative estimate of drug-likeness (QED) is 0.819. The number of carbonyl (C=O) groups is 1. The molecule has 2 aliphatic rings. The van der Waals surface area contributed by atoms with E-state index in [-0.39, 0.29) is 18.8 Å². The van der Waals surface area contributed by atoms with Crippen LogP contribution in [0.4, 0.5) is 10.1 Å². The highest BCUT2D eigenvalue weighted by Gasteiger charge is 2.63. The van der Waals surface area contributed by atoms with Gasteiger partial charge in [0, 0.05) is 17.0 Å². The van der Waals surface area contributed by atoms with Crippen LogP contribution >= 0.6 is 0 Å². The van der Waals surface area contributed by atoms with Crippen molar-refractivity contribution in [2.24, 2.45) is 5.41 Å². The van der Waals surface area contributed by atoms with E-state index in [0.29, 0.717) is 35.5 Å². The maximum absolute atomic E-state index is 14.1. The number of aromatic nitrogens is 1. The molecule has 140 valence electrons. The lowest BCUT2D eigenvalue weighted by Crippen LogP contribution is -2.36. The fourth-order valence-corrected chi connectivity index (χ4v) is 3.66. The van der Waals surface area contributed by atoms with E-state index in [1.54, 1.807) is 24.4 Å². The molecule has 1 aliphatic carbocycles. The van der Waals surface area contributed by atoms with Gasteiger partial charge in [0.15, 0.2) is 6.17 Å². The second-order valence-corrected chi connectivity index (χ2v) is 7.40. The highest BCUT2D eigenvalue weighted by molar-refractivity contribution is 5.92. The summed E-state index contributed by atoms with van der Waals surface area (Å²) in [4.78, 5) is 19.5. The first-order chi connectivity index (χ1) is 12.9. The van der Waals surface area contributed by atoms with Crippen LogP contribution in [0.2, 0.25) is 0 Å². The Kier molecular flexibility index (Phi) is 4.14. The number of alkyl halides is 1.